The number of ether oxygens (including phenoxy) is 2. The lowest BCUT2D eigenvalue weighted by atomic mass is 10.00. The molecule has 0 heterocycles. The Morgan fingerprint density at radius 1 is 0.757 bits per heavy atom. The summed E-state index contributed by atoms with van der Waals surface area (Å²) in [6.45, 7) is 2.10. The average molecular weight is 530 g/mol. The molecule has 0 radical (unpaired) electrons. The summed E-state index contributed by atoms with van der Waals surface area (Å²) in [6.07, 6.45) is -5.44. The Labute approximate surface area is 208 Å². The smallest absolute Gasteiger partial charge is 0.429 e. The average Bonchev–Trinajstić information content (AvgIpc) is 2.80. The molecule has 10 heteroatoms. The Morgan fingerprint density at radius 3 is 1.95 bits per heavy atom. The second-order valence-electron chi connectivity index (χ2n) is 8.15. The highest BCUT2D eigenvalue weighted by Gasteiger charge is 2.38. The van der Waals surface area contributed by atoms with Crippen molar-refractivity contribution in [3.05, 3.63) is 95.5 Å². The summed E-state index contributed by atoms with van der Waals surface area (Å²) in [4.78, 5) is 0. The van der Waals surface area contributed by atoms with Crippen molar-refractivity contribution in [3.8, 4) is 22.6 Å². The highest BCUT2D eigenvalue weighted by molar-refractivity contribution is 5.64. The number of hydrogen-bond acceptors (Lipinski definition) is 2. The molecule has 198 valence electrons. The van der Waals surface area contributed by atoms with Gasteiger partial charge in [0.25, 0.3) is 0 Å². The van der Waals surface area contributed by atoms with Crippen LogP contribution < -0.4 is 9.47 Å². The maximum absolute atomic E-state index is 14.7. The van der Waals surface area contributed by atoms with E-state index in [0.29, 0.717) is 11.1 Å². The molecule has 0 saturated heterocycles. The van der Waals surface area contributed by atoms with E-state index in [-0.39, 0.29) is 18.4 Å². The molecule has 2 nitrogen and oxygen atoms in total. The normalized spacial score (nSPS) is 12.2. The zero-order valence-electron chi connectivity index (χ0n) is 19.5. The molecule has 0 N–H and O–H groups in total. The Hall–Kier alpha value is -3.56. The van der Waals surface area contributed by atoms with E-state index in [9.17, 15) is 35.1 Å². The van der Waals surface area contributed by atoms with Crippen LogP contribution in [0.3, 0.4) is 0 Å². The minimum absolute atomic E-state index is 0.00639. The molecule has 0 saturated carbocycles. The Morgan fingerprint density at radius 2 is 1.38 bits per heavy atom. The Balaban J connectivity index is 1.75. The van der Waals surface area contributed by atoms with Crippen molar-refractivity contribution in [1.82, 2.24) is 0 Å². The standard InChI is InChI=1S/C27H22F8O2/c1-2-3-4-5-17-6-8-18(9-7-17)19-10-11-21(22(28)14-19)27(34,35)37-20-15-23(29)25(24(30)16-20)36-13-12-26(31,32)33/h6-16H,2-5H2,1H3. The number of hydrogen-bond donors (Lipinski definition) is 0. The predicted octanol–water partition coefficient (Wildman–Crippen LogP) is 9.09. The predicted molar refractivity (Wildman–Crippen MR) is 122 cm³/mol. The molecule has 0 unspecified atom stereocenters. The van der Waals surface area contributed by atoms with Gasteiger partial charge in [0.1, 0.15) is 11.6 Å². The molecule has 0 aliphatic rings. The van der Waals surface area contributed by atoms with Gasteiger partial charge in [-0.1, -0.05) is 50.1 Å². The second kappa shape index (κ2) is 11.7. The Bertz CT molecular complexity index is 1210. The minimum atomic E-state index is -4.80. The van der Waals surface area contributed by atoms with E-state index in [1.54, 1.807) is 12.1 Å². The summed E-state index contributed by atoms with van der Waals surface area (Å²) >= 11 is 0. The lowest BCUT2D eigenvalue weighted by molar-refractivity contribution is -0.187. The molecule has 0 amide bonds. The van der Waals surface area contributed by atoms with Crippen LogP contribution in [0.1, 0.15) is 37.3 Å². The van der Waals surface area contributed by atoms with Gasteiger partial charge in [0.2, 0.25) is 0 Å². The first-order chi connectivity index (χ1) is 17.4. The molecular formula is C27H22F8O2. The number of benzene rings is 3. The van der Waals surface area contributed by atoms with Gasteiger partial charge in [0.05, 0.1) is 17.9 Å². The lowest BCUT2D eigenvalue weighted by Gasteiger charge is -2.20. The fourth-order valence-corrected chi connectivity index (χ4v) is 3.46. The zero-order valence-corrected chi connectivity index (χ0v) is 19.5. The molecule has 0 atom stereocenters. The third kappa shape index (κ3) is 7.71. The summed E-state index contributed by atoms with van der Waals surface area (Å²) in [5.74, 6) is -6.82. The molecule has 3 aromatic carbocycles. The third-order valence-corrected chi connectivity index (χ3v) is 5.30. The number of unbranched alkanes of at least 4 members (excludes halogenated alkanes) is 2. The van der Waals surface area contributed by atoms with Crippen molar-refractivity contribution in [3.63, 3.8) is 0 Å². The van der Waals surface area contributed by atoms with Crippen LogP contribution in [0, 0.1) is 17.5 Å². The second-order valence-corrected chi connectivity index (χ2v) is 8.15. The maximum atomic E-state index is 14.7. The van der Waals surface area contributed by atoms with Gasteiger partial charge in [-0.25, -0.2) is 13.2 Å². The fraction of sp³-hybridized carbons (Fsp3) is 0.259. The molecule has 0 aliphatic heterocycles. The first kappa shape index (κ1) is 28.0. The number of alkyl halides is 5. The first-order valence-electron chi connectivity index (χ1n) is 11.3. The van der Waals surface area contributed by atoms with E-state index in [4.69, 9.17) is 0 Å². The zero-order chi connectivity index (χ0) is 27.2. The van der Waals surface area contributed by atoms with E-state index in [2.05, 4.69) is 16.4 Å². The van der Waals surface area contributed by atoms with Crippen LogP contribution in [0.2, 0.25) is 0 Å². The van der Waals surface area contributed by atoms with Gasteiger partial charge in [0.15, 0.2) is 17.4 Å². The van der Waals surface area contributed by atoms with Gasteiger partial charge in [-0.3, -0.25) is 0 Å². The SMILES string of the molecule is CCCCCc1ccc(-c2ccc(C(F)(F)Oc3cc(F)c(OC=CC(F)(F)F)c(F)c3)c(F)c2)cc1. The summed E-state index contributed by atoms with van der Waals surface area (Å²) in [5.41, 5.74) is 0.860. The van der Waals surface area contributed by atoms with Crippen molar-refractivity contribution < 1.29 is 44.6 Å². The highest BCUT2D eigenvalue weighted by Crippen LogP contribution is 2.37. The quantitative estimate of drug-likeness (QED) is 0.148. The van der Waals surface area contributed by atoms with Crippen LogP contribution in [-0.4, -0.2) is 6.18 Å². The molecule has 3 rings (SSSR count). The number of rotatable bonds is 10. The minimum Gasteiger partial charge on any atom is -0.459 e. The van der Waals surface area contributed by atoms with Gasteiger partial charge >= 0.3 is 12.3 Å². The van der Waals surface area contributed by atoms with Crippen LogP contribution in [0.15, 0.2) is 66.9 Å². The van der Waals surface area contributed by atoms with E-state index in [0.717, 1.165) is 43.4 Å². The molecule has 0 aromatic heterocycles. The van der Waals surface area contributed by atoms with Crippen molar-refractivity contribution in [1.29, 1.82) is 0 Å². The largest absolute Gasteiger partial charge is 0.459 e. The topological polar surface area (TPSA) is 18.5 Å². The summed E-state index contributed by atoms with van der Waals surface area (Å²) in [5, 5.41) is 0. The lowest BCUT2D eigenvalue weighted by Crippen LogP contribution is -2.23. The molecule has 37 heavy (non-hydrogen) atoms. The van der Waals surface area contributed by atoms with Crippen LogP contribution in [0.25, 0.3) is 11.1 Å². The van der Waals surface area contributed by atoms with Crippen LogP contribution in [-0.2, 0) is 12.5 Å². The van der Waals surface area contributed by atoms with Crippen LogP contribution in [0.5, 0.6) is 11.5 Å². The first-order valence-corrected chi connectivity index (χ1v) is 11.3. The van der Waals surface area contributed by atoms with E-state index >= 15 is 0 Å². The maximum Gasteiger partial charge on any atom is 0.429 e. The highest BCUT2D eigenvalue weighted by atomic mass is 19.4. The summed E-state index contributed by atoms with van der Waals surface area (Å²) in [6, 6.07) is 10.8. The van der Waals surface area contributed by atoms with Crippen molar-refractivity contribution in [2.75, 3.05) is 0 Å². The van der Waals surface area contributed by atoms with Gasteiger partial charge < -0.3 is 9.47 Å². The summed E-state index contributed by atoms with van der Waals surface area (Å²) in [7, 11) is 0. The monoisotopic (exact) mass is 530 g/mol. The molecule has 0 aliphatic carbocycles. The van der Waals surface area contributed by atoms with Gasteiger partial charge in [0, 0.05) is 12.1 Å². The molecule has 3 aromatic rings. The molecular weight excluding hydrogens is 508 g/mol. The van der Waals surface area contributed by atoms with Crippen molar-refractivity contribution in [2.24, 2.45) is 0 Å². The van der Waals surface area contributed by atoms with Gasteiger partial charge in [-0.05, 0) is 41.7 Å². The van der Waals surface area contributed by atoms with Crippen LogP contribution >= 0.6 is 0 Å². The molecule has 0 bridgehead atoms. The number of halogens is 8. The van der Waals surface area contributed by atoms with Crippen molar-refractivity contribution >= 4 is 0 Å². The summed E-state index contributed by atoms with van der Waals surface area (Å²) < 4.78 is 117. The fourth-order valence-electron chi connectivity index (χ4n) is 3.46. The molecule has 0 spiro atoms. The van der Waals surface area contributed by atoms with Crippen LogP contribution in [0.4, 0.5) is 35.1 Å². The number of aryl methyl sites for hydroxylation is 1. The number of allylic oxidation sites excluding steroid dienone is 1. The van der Waals surface area contributed by atoms with Gasteiger partial charge in [-0.2, -0.15) is 22.0 Å². The Kier molecular flexibility index (Phi) is 8.83. The van der Waals surface area contributed by atoms with E-state index in [1.165, 1.54) is 6.07 Å². The van der Waals surface area contributed by atoms with Gasteiger partial charge in [-0.15, -0.1) is 0 Å². The molecule has 0 fully saturated rings. The van der Waals surface area contributed by atoms with E-state index in [1.807, 2.05) is 12.1 Å². The third-order valence-electron chi connectivity index (χ3n) is 5.30. The van der Waals surface area contributed by atoms with E-state index < -0.39 is 52.9 Å². The van der Waals surface area contributed by atoms with Crippen molar-refractivity contribution in [2.45, 2.75) is 44.9 Å².